The van der Waals surface area contributed by atoms with Gasteiger partial charge in [0.25, 0.3) is 0 Å². The van der Waals surface area contributed by atoms with Gasteiger partial charge in [0.1, 0.15) is 5.15 Å². The Morgan fingerprint density at radius 3 is 2.67 bits per heavy atom. The largest absolute Gasteiger partial charge is 0.446 e. The number of para-hydroxylation sites is 2. The number of rotatable bonds is 2. The molecule has 0 atom stereocenters. The van der Waals surface area contributed by atoms with Crippen molar-refractivity contribution >= 4 is 22.5 Å². The predicted octanol–water partition coefficient (Wildman–Crippen LogP) is 4.00. The van der Waals surface area contributed by atoms with Crippen molar-refractivity contribution in [3.05, 3.63) is 75.9 Å². The van der Waals surface area contributed by atoms with Gasteiger partial charge in [-0.3, -0.25) is 4.52 Å². The molecule has 0 aliphatic carbocycles. The molecule has 2 heterocycles. The molecule has 0 saturated carbocycles. The van der Waals surface area contributed by atoms with E-state index in [0.717, 1.165) is 16.5 Å². The van der Waals surface area contributed by atoms with Gasteiger partial charge in [-0.2, -0.15) is 0 Å². The van der Waals surface area contributed by atoms with Gasteiger partial charge in [-0.1, -0.05) is 53.2 Å². The Hall–Kier alpha value is -2.92. The molecule has 0 amide bonds. The molecule has 0 aliphatic heterocycles. The van der Waals surface area contributed by atoms with Crippen molar-refractivity contribution in [1.29, 1.82) is 0 Å². The van der Waals surface area contributed by atoms with E-state index in [1.54, 1.807) is 0 Å². The van der Waals surface area contributed by atoms with Crippen molar-refractivity contribution < 1.29 is 4.52 Å². The highest BCUT2D eigenvalue weighted by Crippen LogP contribution is 2.29. The minimum Gasteiger partial charge on any atom is -0.295 e. The van der Waals surface area contributed by atoms with Crippen LogP contribution >= 0.6 is 11.6 Å². The summed E-state index contributed by atoms with van der Waals surface area (Å²) in [7, 11) is 0. The molecule has 0 fully saturated rings. The van der Waals surface area contributed by atoms with Crippen LogP contribution in [0.2, 0.25) is 5.15 Å². The molecular weight excluding hydrogens is 326 g/mol. The molecule has 0 aliphatic rings. The number of hydrogen-bond acceptors (Lipinski definition) is 4. The SMILES string of the molecule is Cc1ccccc1-n1c(-c2cc3ccccc3nc2Cl)noc1=O. The van der Waals surface area contributed by atoms with Crippen LogP contribution in [0.25, 0.3) is 28.0 Å². The topological polar surface area (TPSA) is 60.9 Å². The summed E-state index contributed by atoms with van der Waals surface area (Å²) in [5, 5.41) is 5.10. The van der Waals surface area contributed by atoms with E-state index in [9.17, 15) is 4.79 Å². The summed E-state index contributed by atoms with van der Waals surface area (Å²) in [6, 6.07) is 17.0. The lowest BCUT2D eigenvalue weighted by molar-refractivity contribution is 0.383. The van der Waals surface area contributed by atoms with Crippen molar-refractivity contribution in [3.8, 4) is 17.1 Å². The lowest BCUT2D eigenvalue weighted by Gasteiger charge is -2.09. The van der Waals surface area contributed by atoms with E-state index in [1.807, 2.05) is 61.5 Å². The summed E-state index contributed by atoms with van der Waals surface area (Å²) in [6.45, 7) is 1.92. The number of benzene rings is 2. The second-order valence-corrected chi connectivity index (χ2v) is 5.77. The van der Waals surface area contributed by atoms with Gasteiger partial charge in [-0.05, 0) is 30.7 Å². The second kappa shape index (κ2) is 5.62. The summed E-state index contributed by atoms with van der Waals surface area (Å²) >= 11 is 6.34. The van der Waals surface area contributed by atoms with Crippen molar-refractivity contribution in [2.75, 3.05) is 0 Å². The summed E-state index contributed by atoms with van der Waals surface area (Å²) in [6.07, 6.45) is 0. The molecule has 0 saturated heterocycles. The van der Waals surface area contributed by atoms with Crippen molar-refractivity contribution in [3.63, 3.8) is 0 Å². The molecule has 0 bridgehead atoms. The van der Waals surface area contributed by atoms with Gasteiger partial charge in [0, 0.05) is 5.39 Å². The van der Waals surface area contributed by atoms with E-state index in [-0.39, 0.29) is 5.15 Å². The van der Waals surface area contributed by atoms with Crippen LogP contribution in [-0.4, -0.2) is 14.7 Å². The summed E-state index contributed by atoms with van der Waals surface area (Å²) < 4.78 is 6.31. The van der Waals surface area contributed by atoms with Crippen LogP contribution in [-0.2, 0) is 0 Å². The van der Waals surface area contributed by atoms with Gasteiger partial charge < -0.3 is 0 Å². The van der Waals surface area contributed by atoms with Gasteiger partial charge in [-0.25, -0.2) is 14.3 Å². The number of hydrogen-bond donors (Lipinski definition) is 0. The van der Waals surface area contributed by atoms with E-state index in [4.69, 9.17) is 16.1 Å². The van der Waals surface area contributed by atoms with Gasteiger partial charge in [0.15, 0.2) is 5.82 Å². The normalized spacial score (nSPS) is 11.1. The molecule has 4 aromatic rings. The maximum Gasteiger partial charge on any atom is 0.446 e. The average molecular weight is 338 g/mol. The van der Waals surface area contributed by atoms with Crippen LogP contribution in [0, 0.1) is 6.92 Å². The Labute approximate surface area is 142 Å². The van der Waals surface area contributed by atoms with Gasteiger partial charge >= 0.3 is 5.76 Å². The Bertz CT molecular complexity index is 1110. The molecule has 0 spiro atoms. The van der Waals surface area contributed by atoms with Crippen LogP contribution in [0.1, 0.15) is 5.56 Å². The summed E-state index contributed by atoms with van der Waals surface area (Å²) in [5.74, 6) is -0.235. The van der Waals surface area contributed by atoms with Crippen LogP contribution in [0.3, 0.4) is 0 Å². The molecule has 0 radical (unpaired) electrons. The zero-order valence-corrected chi connectivity index (χ0v) is 13.5. The first-order valence-electron chi connectivity index (χ1n) is 7.35. The zero-order valence-electron chi connectivity index (χ0n) is 12.7. The minimum absolute atomic E-state index is 0.268. The second-order valence-electron chi connectivity index (χ2n) is 5.41. The molecule has 2 aromatic carbocycles. The number of aromatic nitrogens is 3. The van der Waals surface area contributed by atoms with E-state index >= 15 is 0 Å². The van der Waals surface area contributed by atoms with E-state index in [0.29, 0.717) is 17.1 Å². The van der Waals surface area contributed by atoms with Gasteiger partial charge in [-0.15, -0.1) is 0 Å². The highest BCUT2D eigenvalue weighted by Gasteiger charge is 2.19. The Morgan fingerprint density at radius 2 is 1.83 bits per heavy atom. The average Bonchev–Trinajstić information content (AvgIpc) is 2.96. The first-order chi connectivity index (χ1) is 11.6. The van der Waals surface area contributed by atoms with Crippen molar-refractivity contribution in [2.45, 2.75) is 6.92 Å². The summed E-state index contributed by atoms with van der Waals surface area (Å²) in [4.78, 5) is 16.6. The fourth-order valence-corrected chi connectivity index (χ4v) is 2.93. The van der Waals surface area contributed by atoms with E-state index < -0.39 is 5.76 Å². The van der Waals surface area contributed by atoms with Crippen molar-refractivity contribution in [2.24, 2.45) is 0 Å². The molecule has 24 heavy (non-hydrogen) atoms. The standard InChI is InChI=1S/C18H12ClN3O2/c1-11-6-2-5-9-15(11)22-17(21-24-18(22)23)13-10-12-7-3-4-8-14(12)20-16(13)19/h2-10H,1H3. The molecule has 0 unspecified atom stereocenters. The first kappa shape index (κ1) is 14.7. The maximum atomic E-state index is 12.2. The monoisotopic (exact) mass is 337 g/mol. The van der Waals surface area contributed by atoms with Crippen LogP contribution in [0.4, 0.5) is 0 Å². The van der Waals surface area contributed by atoms with Crippen molar-refractivity contribution in [1.82, 2.24) is 14.7 Å². The molecule has 0 N–H and O–H groups in total. The highest BCUT2D eigenvalue weighted by atomic mass is 35.5. The van der Waals surface area contributed by atoms with E-state index in [2.05, 4.69) is 10.1 Å². The number of halogens is 1. The van der Waals surface area contributed by atoms with Crippen LogP contribution < -0.4 is 5.76 Å². The summed E-state index contributed by atoms with van der Waals surface area (Å²) in [5.41, 5.74) is 2.95. The molecule has 4 rings (SSSR count). The third-order valence-corrected chi connectivity index (χ3v) is 4.17. The lowest BCUT2D eigenvalue weighted by atomic mass is 10.1. The Kier molecular flexibility index (Phi) is 3.43. The smallest absolute Gasteiger partial charge is 0.295 e. The number of fused-ring (bicyclic) bond motifs is 1. The quantitative estimate of drug-likeness (QED) is 0.519. The lowest BCUT2D eigenvalue weighted by Crippen LogP contribution is -2.14. The first-order valence-corrected chi connectivity index (χ1v) is 7.73. The van der Waals surface area contributed by atoms with Gasteiger partial charge in [0.05, 0.1) is 16.8 Å². The fraction of sp³-hybridized carbons (Fsp3) is 0.0556. The third-order valence-electron chi connectivity index (χ3n) is 3.88. The molecule has 6 heteroatoms. The number of nitrogens with zero attached hydrogens (tertiary/aromatic N) is 3. The minimum atomic E-state index is -0.566. The Balaban J connectivity index is 2.01. The fourth-order valence-electron chi connectivity index (χ4n) is 2.70. The predicted molar refractivity (Wildman–Crippen MR) is 92.6 cm³/mol. The molecule has 5 nitrogen and oxygen atoms in total. The van der Waals surface area contributed by atoms with Gasteiger partial charge in [0.2, 0.25) is 0 Å². The molecule has 2 aromatic heterocycles. The number of aryl methyl sites for hydroxylation is 1. The maximum absolute atomic E-state index is 12.2. The Morgan fingerprint density at radius 1 is 1.08 bits per heavy atom. The van der Waals surface area contributed by atoms with Crippen LogP contribution in [0.5, 0.6) is 0 Å². The van der Waals surface area contributed by atoms with Crippen LogP contribution in [0.15, 0.2) is 63.9 Å². The molecular formula is C18H12ClN3O2. The third kappa shape index (κ3) is 2.30. The molecule has 118 valence electrons. The number of pyridine rings is 1. The van der Waals surface area contributed by atoms with E-state index in [1.165, 1.54) is 4.57 Å². The zero-order chi connectivity index (χ0) is 16.7. The highest BCUT2D eigenvalue weighted by molar-refractivity contribution is 6.32.